The molecule has 0 fully saturated rings. The molecule has 47 heavy (non-hydrogen) atoms. The molecule has 0 amide bonds. The number of aliphatic hydroxyl groups excluding tert-OH is 1. The summed E-state index contributed by atoms with van der Waals surface area (Å²) in [6.07, 6.45) is 2.51. The Morgan fingerprint density at radius 1 is 0.574 bits per heavy atom. The molecule has 0 rings (SSSR count). The predicted molar refractivity (Wildman–Crippen MR) is 189 cm³/mol. The quantitative estimate of drug-likeness (QED) is 0.114. The summed E-state index contributed by atoms with van der Waals surface area (Å²) in [4.78, 5) is 50.8. The van der Waals surface area contributed by atoms with E-state index in [9.17, 15) is 24.3 Å². The lowest BCUT2D eigenvalue weighted by Gasteiger charge is -2.41. The minimum absolute atomic E-state index is 0.0297. The molecular formula is C39H72O8. The van der Waals surface area contributed by atoms with Gasteiger partial charge in [-0.1, -0.05) is 83.1 Å². The van der Waals surface area contributed by atoms with Crippen molar-refractivity contribution in [3.63, 3.8) is 0 Å². The maximum Gasteiger partial charge on any atom is 0.309 e. The average molecular weight is 669 g/mol. The van der Waals surface area contributed by atoms with Gasteiger partial charge in [0.05, 0.1) is 30.7 Å². The molecule has 0 aromatic heterocycles. The second-order valence-corrected chi connectivity index (χ2v) is 18.2. The summed E-state index contributed by atoms with van der Waals surface area (Å²) in [6, 6.07) is 0. The molecule has 0 saturated carbocycles. The third-order valence-corrected chi connectivity index (χ3v) is 11.2. The number of hydrogen-bond donors (Lipinski definition) is 1. The van der Waals surface area contributed by atoms with E-state index in [0.29, 0.717) is 32.3 Å². The molecule has 8 heteroatoms. The second-order valence-electron chi connectivity index (χ2n) is 18.2. The van der Waals surface area contributed by atoms with E-state index in [1.807, 2.05) is 83.1 Å². The van der Waals surface area contributed by atoms with E-state index >= 15 is 0 Å². The van der Waals surface area contributed by atoms with E-state index in [4.69, 9.17) is 14.2 Å². The zero-order valence-electron chi connectivity index (χ0n) is 33.3. The fourth-order valence-electron chi connectivity index (χ4n) is 6.49. The maximum absolute atomic E-state index is 13.2. The number of aliphatic hydroxyl groups is 1. The first-order valence-electron chi connectivity index (χ1n) is 17.6. The van der Waals surface area contributed by atoms with Gasteiger partial charge >= 0.3 is 11.9 Å². The molecule has 8 nitrogen and oxygen atoms in total. The number of carbonyl (C=O) groups is 4. The minimum Gasteiger partial charge on any atom is -0.465 e. The summed E-state index contributed by atoms with van der Waals surface area (Å²) < 4.78 is 17.9. The molecule has 0 heterocycles. The predicted octanol–water partition coefficient (Wildman–Crippen LogP) is 8.40. The van der Waals surface area contributed by atoms with Gasteiger partial charge in [0, 0.05) is 37.7 Å². The number of hydrogen-bond acceptors (Lipinski definition) is 8. The number of esters is 2. The van der Waals surface area contributed by atoms with Gasteiger partial charge in [0.1, 0.15) is 17.2 Å². The van der Waals surface area contributed by atoms with Crippen molar-refractivity contribution >= 4 is 23.5 Å². The first kappa shape index (κ1) is 45.2. The largest absolute Gasteiger partial charge is 0.465 e. The highest BCUT2D eigenvalue weighted by Crippen LogP contribution is 2.45. The molecule has 0 aliphatic carbocycles. The molecule has 0 aromatic carbocycles. The standard InChI is InChI=1S/C39H72O8/c1-26(30(5)41)34(6,7)24-37(12,13)29(4)33(44)47-39(16,17)20-23-46-38(14,15)19-22-45-32(43)28(3)36(10,11)25-35(8,9)27(2)31(42)18-21-40/h26-29,40H,18-25H2,1-17H3. The summed E-state index contributed by atoms with van der Waals surface area (Å²) in [7, 11) is 0. The fourth-order valence-corrected chi connectivity index (χ4v) is 6.49. The number of Topliss-reactive ketones (excluding diaryl/α,β-unsaturated/α-hetero) is 2. The lowest BCUT2D eigenvalue weighted by molar-refractivity contribution is -0.168. The minimum atomic E-state index is -0.735. The van der Waals surface area contributed by atoms with Crippen LogP contribution in [-0.4, -0.2) is 59.6 Å². The summed E-state index contributed by atoms with van der Waals surface area (Å²) in [6.45, 7) is 33.8. The van der Waals surface area contributed by atoms with Gasteiger partial charge in [-0.3, -0.25) is 19.2 Å². The van der Waals surface area contributed by atoms with E-state index < -0.39 is 16.6 Å². The van der Waals surface area contributed by atoms with Crippen molar-refractivity contribution in [1.82, 2.24) is 0 Å². The van der Waals surface area contributed by atoms with Crippen LogP contribution in [0.5, 0.6) is 0 Å². The van der Waals surface area contributed by atoms with Crippen molar-refractivity contribution in [2.45, 2.75) is 161 Å². The zero-order chi connectivity index (χ0) is 37.4. The van der Waals surface area contributed by atoms with Gasteiger partial charge in [0.25, 0.3) is 0 Å². The Morgan fingerprint density at radius 2 is 0.979 bits per heavy atom. The van der Waals surface area contributed by atoms with Crippen LogP contribution < -0.4 is 0 Å². The van der Waals surface area contributed by atoms with Crippen LogP contribution in [-0.2, 0) is 33.4 Å². The van der Waals surface area contributed by atoms with Crippen LogP contribution in [0.2, 0.25) is 0 Å². The van der Waals surface area contributed by atoms with Crippen molar-refractivity contribution in [3.05, 3.63) is 0 Å². The molecule has 0 radical (unpaired) electrons. The number of carbonyl (C=O) groups excluding carboxylic acids is 4. The van der Waals surface area contributed by atoms with E-state index in [1.165, 1.54) is 0 Å². The maximum atomic E-state index is 13.2. The SMILES string of the molecule is CC(=O)C(C)C(C)(C)CC(C)(C)C(C)C(=O)OC(C)(C)CCOC(C)(C)CCOC(=O)C(C)C(C)(C)CC(C)(C)C(C)C(=O)CCO. The first-order chi connectivity index (χ1) is 20.9. The van der Waals surface area contributed by atoms with E-state index in [2.05, 4.69) is 27.7 Å². The van der Waals surface area contributed by atoms with E-state index in [0.717, 1.165) is 0 Å². The van der Waals surface area contributed by atoms with Crippen molar-refractivity contribution < 1.29 is 38.5 Å². The Labute approximate surface area is 287 Å². The molecule has 1 N–H and O–H groups in total. The lowest BCUT2D eigenvalue weighted by atomic mass is 9.63. The topological polar surface area (TPSA) is 116 Å². The number of rotatable bonds is 22. The number of ether oxygens (including phenoxy) is 3. The van der Waals surface area contributed by atoms with Gasteiger partial charge in [-0.2, -0.15) is 0 Å². The average Bonchev–Trinajstić information content (AvgIpc) is 2.89. The summed E-state index contributed by atoms with van der Waals surface area (Å²) in [5.74, 6) is -1.44. The summed E-state index contributed by atoms with van der Waals surface area (Å²) in [5, 5.41) is 9.18. The smallest absolute Gasteiger partial charge is 0.309 e. The molecular weight excluding hydrogens is 596 g/mol. The second kappa shape index (κ2) is 17.2. The normalized spacial score (nSPS) is 16.2. The molecule has 0 saturated heterocycles. The molecule has 276 valence electrons. The van der Waals surface area contributed by atoms with Crippen LogP contribution in [0.1, 0.15) is 150 Å². The molecule has 0 bridgehead atoms. The third kappa shape index (κ3) is 14.7. The highest BCUT2D eigenvalue weighted by Gasteiger charge is 2.43. The summed E-state index contributed by atoms with van der Waals surface area (Å²) in [5.41, 5.74) is -2.66. The van der Waals surface area contributed by atoms with Gasteiger partial charge in [-0.15, -0.1) is 0 Å². The van der Waals surface area contributed by atoms with Gasteiger partial charge in [-0.05, 0) is 69.1 Å². The third-order valence-electron chi connectivity index (χ3n) is 11.2. The van der Waals surface area contributed by atoms with Gasteiger partial charge in [0.15, 0.2) is 0 Å². The van der Waals surface area contributed by atoms with Crippen LogP contribution in [0.4, 0.5) is 0 Å². The Bertz CT molecular complexity index is 1050. The van der Waals surface area contributed by atoms with Gasteiger partial charge in [-0.25, -0.2) is 0 Å². The lowest BCUT2D eigenvalue weighted by Crippen LogP contribution is -2.41. The highest BCUT2D eigenvalue weighted by molar-refractivity contribution is 5.81. The molecule has 4 unspecified atom stereocenters. The van der Waals surface area contributed by atoms with E-state index in [1.54, 1.807) is 6.92 Å². The molecule has 0 aromatic rings. The molecule has 0 spiro atoms. The van der Waals surface area contributed by atoms with Crippen molar-refractivity contribution in [2.24, 2.45) is 45.3 Å². The Kier molecular flexibility index (Phi) is 16.6. The van der Waals surface area contributed by atoms with Gasteiger partial charge in [0.2, 0.25) is 0 Å². The Balaban J connectivity index is 5.00. The fraction of sp³-hybridized carbons (Fsp3) is 0.897. The Morgan fingerprint density at radius 3 is 1.43 bits per heavy atom. The van der Waals surface area contributed by atoms with Crippen LogP contribution >= 0.6 is 0 Å². The van der Waals surface area contributed by atoms with Gasteiger partial charge < -0.3 is 19.3 Å². The van der Waals surface area contributed by atoms with Crippen molar-refractivity contribution in [3.8, 4) is 0 Å². The molecule has 0 aliphatic heterocycles. The monoisotopic (exact) mass is 669 g/mol. The van der Waals surface area contributed by atoms with Crippen LogP contribution in [0, 0.1) is 45.3 Å². The summed E-state index contributed by atoms with van der Waals surface area (Å²) >= 11 is 0. The zero-order valence-corrected chi connectivity index (χ0v) is 33.3. The van der Waals surface area contributed by atoms with Crippen LogP contribution in [0.25, 0.3) is 0 Å². The number of ketones is 2. The molecule has 4 atom stereocenters. The van der Waals surface area contributed by atoms with E-state index in [-0.39, 0.29) is 83.1 Å². The van der Waals surface area contributed by atoms with Crippen molar-refractivity contribution in [2.75, 3.05) is 19.8 Å². The first-order valence-corrected chi connectivity index (χ1v) is 17.6. The van der Waals surface area contributed by atoms with Crippen molar-refractivity contribution in [1.29, 1.82) is 0 Å². The Hall–Kier alpha value is -1.80. The van der Waals surface area contributed by atoms with Crippen LogP contribution in [0.15, 0.2) is 0 Å². The van der Waals surface area contributed by atoms with Crippen LogP contribution in [0.3, 0.4) is 0 Å². The highest BCUT2D eigenvalue weighted by atomic mass is 16.6. The molecule has 0 aliphatic rings.